The largest absolute Gasteiger partial charge is 0.298 e. The van der Waals surface area contributed by atoms with Gasteiger partial charge in [-0.05, 0) is 63.0 Å². The lowest BCUT2D eigenvalue weighted by atomic mass is 9.89. The zero-order valence-electron chi connectivity index (χ0n) is 12.7. The van der Waals surface area contributed by atoms with Crippen LogP contribution in [0.25, 0.3) is 11.3 Å². The van der Waals surface area contributed by atoms with Crippen LogP contribution in [0.4, 0.5) is 4.39 Å². The van der Waals surface area contributed by atoms with Gasteiger partial charge in [0, 0.05) is 11.6 Å². The minimum absolute atomic E-state index is 0.221. The van der Waals surface area contributed by atoms with Gasteiger partial charge in [-0.15, -0.1) is 5.10 Å². The van der Waals surface area contributed by atoms with E-state index >= 15 is 0 Å². The molecule has 0 saturated carbocycles. The van der Waals surface area contributed by atoms with Crippen molar-refractivity contribution in [2.45, 2.75) is 44.2 Å². The monoisotopic (exact) mass is 300 g/mol. The summed E-state index contributed by atoms with van der Waals surface area (Å²) < 4.78 is 15.1. The van der Waals surface area contributed by atoms with E-state index in [0.717, 1.165) is 11.3 Å². The van der Waals surface area contributed by atoms with E-state index in [9.17, 15) is 4.39 Å². The fourth-order valence-electron chi connectivity index (χ4n) is 3.93. The molecule has 116 valence electrons. The van der Waals surface area contributed by atoms with Crippen LogP contribution in [0.1, 0.15) is 38.1 Å². The lowest BCUT2D eigenvalue weighted by molar-refractivity contribution is 0.0587. The van der Waals surface area contributed by atoms with Crippen LogP contribution in [-0.2, 0) is 0 Å². The molecule has 1 aromatic heterocycles. The van der Waals surface area contributed by atoms with Gasteiger partial charge in [0.1, 0.15) is 11.5 Å². The van der Waals surface area contributed by atoms with Crippen LogP contribution in [0.5, 0.6) is 0 Å². The fraction of sp³-hybridized carbons (Fsp3) is 0.529. The number of rotatable bonds is 2. The molecule has 2 saturated heterocycles. The second-order valence-corrected chi connectivity index (χ2v) is 6.40. The van der Waals surface area contributed by atoms with Crippen molar-refractivity contribution < 1.29 is 4.39 Å². The van der Waals surface area contributed by atoms with Gasteiger partial charge in [-0.2, -0.15) is 0 Å². The van der Waals surface area contributed by atoms with E-state index in [4.69, 9.17) is 0 Å². The first-order chi connectivity index (χ1) is 10.8. The Kier molecular flexibility index (Phi) is 3.66. The molecule has 2 atom stereocenters. The lowest BCUT2D eigenvalue weighted by Crippen LogP contribution is -2.48. The van der Waals surface area contributed by atoms with Crippen LogP contribution in [0, 0.1) is 5.82 Å². The first-order valence-corrected chi connectivity index (χ1v) is 8.23. The van der Waals surface area contributed by atoms with E-state index in [-0.39, 0.29) is 5.82 Å². The third-order valence-electron chi connectivity index (χ3n) is 5.04. The molecule has 0 aliphatic carbocycles. The fourth-order valence-corrected chi connectivity index (χ4v) is 3.93. The molecular formula is C17H21FN4. The van der Waals surface area contributed by atoms with Crippen molar-refractivity contribution in [3.05, 3.63) is 36.3 Å². The standard InChI is InChI=1S/C17H21FN4/c18-14-8-6-13(7-9-14)15-12-22(20-19-15)17-5-3-11-21-10-2-1-4-16(17)21/h6-9,12,16-17H,1-5,10-11H2/t16-,17-/m1/s1. The molecule has 4 rings (SSSR count). The van der Waals surface area contributed by atoms with E-state index in [1.807, 2.05) is 10.9 Å². The summed E-state index contributed by atoms with van der Waals surface area (Å²) in [6.45, 7) is 2.45. The molecule has 22 heavy (non-hydrogen) atoms. The zero-order valence-corrected chi connectivity index (χ0v) is 12.7. The first-order valence-electron chi connectivity index (χ1n) is 8.23. The third-order valence-corrected chi connectivity index (χ3v) is 5.04. The molecule has 2 aliphatic rings. The van der Waals surface area contributed by atoms with Crippen molar-refractivity contribution in [1.29, 1.82) is 0 Å². The first kappa shape index (κ1) is 13.9. The average Bonchev–Trinajstić information content (AvgIpc) is 3.05. The molecule has 3 heterocycles. The van der Waals surface area contributed by atoms with E-state index in [1.54, 1.807) is 12.1 Å². The third kappa shape index (κ3) is 2.54. The van der Waals surface area contributed by atoms with Crippen LogP contribution in [0.15, 0.2) is 30.5 Å². The van der Waals surface area contributed by atoms with E-state index < -0.39 is 0 Å². The Morgan fingerprint density at radius 1 is 0.955 bits per heavy atom. The van der Waals surface area contributed by atoms with Gasteiger partial charge in [0.25, 0.3) is 0 Å². The van der Waals surface area contributed by atoms with Gasteiger partial charge in [-0.25, -0.2) is 9.07 Å². The molecule has 2 aromatic rings. The highest BCUT2D eigenvalue weighted by Gasteiger charge is 2.34. The molecule has 0 amide bonds. The van der Waals surface area contributed by atoms with Crippen LogP contribution < -0.4 is 0 Å². The second-order valence-electron chi connectivity index (χ2n) is 6.40. The molecule has 1 aromatic carbocycles. The second kappa shape index (κ2) is 5.80. The maximum absolute atomic E-state index is 13.0. The summed E-state index contributed by atoms with van der Waals surface area (Å²) in [4.78, 5) is 2.62. The van der Waals surface area contributed by atoms with Crippen molar-refractivity contribution in [3.8, 4) is 11.3 Å². The Morgan fingerprint density at radius 2 is 1.73 bits per heavy atom. The summed E-state index contributed by atoms with van der Waals surface area (Å²) in [5.74, 6) is -0.221. The van der Waals surface area contributed by atoms with Crippen LogP contribution in [-0.4, -0.2) is 39.0 Å². The summed E-state index contributed by atoms with van der Waals surface area (Å²) in [5, 5.41) is 8.68. The van der Waals surface area contributed by atoms with Crippen molar-refractivity contribution in [1.82, 2.24) is 19.9 Å². The lowest BCUT2D eigenvalue weighted by Gasteiger charge is -2.44. The van der Waals surface area contributed by atoms with E-state index in [0.29, 0.717) is 12.1 Å². The Hall–Kier alpha value is -1.75. The zero-order chi connectivity index (χ0) is 14.9. The van der Waals surface area contributed by atoms with Gasteiger partial charge in [-0.3, -0.25) is 4.90 Å². The Balaban J connectivity index is 1.59. The molecule has 0 unspecified atom stereocenters. The molecular weight excluding hydrogens is 279 g/mol. The molecule has 2 aliphatic heterocycles. The molecule has 0 N–H and O–H groups in total. The number of hydrogen-bond acceptors (Lipinski definition) is 3. The maximum Gasteiger partial charge on any atom is 0.123 e. The highest BCUT2D eigenvalue weighted by atomic mass is 19.1. The molecule has 0 spiro atoms. The average molecular weight is 300 g/mol. The molecule has 2 fully saturated rings. The van der Waals surface area contributed by atoms with Crippen LogP contribution in [0.2, 0.25) is 0 Å². The summed E-state index contributed by atoms with van der Waals surface area (Å²) in [5.41, 5.74) is 1.75. The van der Waals surface area contributed by atoms with Crippen molar-refractivity contribution in [2.24, 2.45) is 0 Å². The van der Waals surface area contributed by atoms with Gasteiger partial charge < -0.3 is 0 Å². The Morgan fingerprint density at radius 3 is 2.59 bits per heavy atom. The van der Waals surface area contributed by atoms with Crippen molar-refractivity contribution in [2.75, 3.05) is 13.1 Å². The highest BCUT2D eigenvalue weighted by molar-refractivity contribution is 5.57. The molecule has 4 nitrogen and oxygen atoms in total. The van der Waals surface area contributed by atoms with Gasteiger partial charge >= 0.3 is 0 Å². The van der Waals surface area contributed by atoms with Crippen molar-refractivity contribution >= 4 is 0 Å². The number of benzene rings is 1. The minimum atomic E-state index is -0.221. The van der Waals surface area contributed by atoms with Gasteiger partial charge in [-0.1, -0.05) is 11.6 Å². The smallest absolute Gasteiger partial charge is 0.123 e. The summed E-state index contributed by atoms with van der Waals surface area (Å²) >= 11 is 0. The van der Waals surface area contributed by atoms with Crippen LogP contribution >= 0.6 is 0 Å². The summed E-state index contributed by atoms with van der Waals surface area (Å²) in [6, 6.07) is 7.49. The normalized spacial score (nSPS) is 25.9. The van der Waals surface area contributed by atoms with Crippen LogP contribution in [0.3, 0.4) is 0 Å². The molecule has 0 bridgehead atoms. The molecule has 5 heteroatoms. The predicted octanol–water partition coefficient (Wildman–Crippen LogP) is 3.27. The maximum atomic E-state index is 13.0. The Labute approximate surface area is 129 Å². The van der Waals surface area contributed by atoms with E-state index in [2.05, 4.69) is 15.2 Å². The number of aromatic nitrogens is 3. The summed E-state index contributed by atoms with van der Waals surface area (Å²) in [6.07, 6.45) is 8.32. The number of nitrogens with zero attached hydrogens (tertiary/aromatic N) is 4. The summed E-state index contributed by atoms with van der Waals surface area (Å²) in [7, 11) is 0. The number of piperidine rings is 2. The van der Waals surface area contributed by atoms with E-state index in [1.165, 1.54) is 57.3 Å². The number of hydrogen-bond donors (Lipinski definition) is 0. The highest BCUT2D eigenvalue weighted by Crippen LogP contribution is 2.34. The predicted molar refractivity (Wildman–Crippen MR) is 82.9 cm³/mol. The number of fused-ring (bicyclic) bond motifs is 1. The quantitative estimate of drug-likeness (QED) is 0.853. The van der Waals surface area contributed by atoms with Gasteiger partial charge in [0.05, 0.1) is 12.2 Å². The van der Waals surface area contributed by atoms with Gasteiger partial charge in [0.15, 0.2) is 0 Å². The number of halogens is 1. The molecule has 0 radical (unpaired) electrons. The topological polar surface area (TPSA) is 34.0 Å². The Bertz CT molecular complexity index is 634. The van der Waals surface area contributed by atoms with Crippen molar-refractivity contribution in [3.63, 3.8) is 0 Å². The van der Waals surface area contributed by atoms with Gasteiger partial charge in [0.2, 0.25) is 0 Å². The SMILES string of the molecule is Fc1ccc(-c2cn([C@@H]3CCCN4CCCC[C@H]34)nn2)cc1. The minimum Gasteiger partial charge on any atom is -0.298 e.